The zero-order chi connectivity index (χ0) is 18.7. The molecule has 0 fully saturated rings. The van der Waals surface area contributed by atoms with Gasteiger partial charge in [-0.05, 0) is 78.8 Å². The Labute approximate surface area is 167 Å². The lowest BCUT2D eigenvalue weighted by Gasteiger charge is -2.41. The Balaban J connectivity index is 1.89. The van der Waals surface area contributed by atoms with Gasteiger partial charge in [0.2, 0.25) is 5.60 Å². The molecule has 0 aromatic heterocycles. The molecule has 3 rings (SSSR count). The van der Waals surface area contributed by atoms with Crippen LogP contribution in [0.25, 0.3) is 0 Å². The van der Waals surface area contributed by atoms with Gasteiger partial charge < -0.3 is 14.7 Å². The molecule has 1 aliphatic heterocycles. The zero-order valence-corrected chi connectivity index (χ0v) is 17.1. The van der Waals surface area contributed by atoms with Crippen LogP contribution in [0.4, 0.5) is 0 Å². The van der Waals surface area contributed by atoms with Gasteiger partial charge in [0.1, 0.15) is 0 Å². The normalized spacial score (nSPS) is 23.0. The van der Waals surface area contributed by atoms with Gasteiger partial charge in [0.25, 0.3) is 5.91 Å². The molecule has 0 spiro atoms. The van der Waals surface area contributed by atoms with Crippen LogP contribution in [0.3, 0.4) is 0 Å². The molecule has 0 radical (unpaired) electrons. The number of carbonyl (C=O) groups excluding carboxylic acids is 2. The first kappa shape index (κ1) is 19.4. The van der Waals surface area contributed by atoms with Gasteiger partial charge in [-0.15, -0.1) is 0 Å². The fourth-order valence-electron chi connectivity index (χ4n) is 3.78. The third-order valence-electron chi connectivity index (χ3n) is 5.12. The largest absolute Gasteiger partial charge is 0.463 e. The third-order valence-corrected chi connectivity index (χ3v) is 6.17. The van der Waals surface area contributed by atoms with Gasteiger partial charge >= 0.3 is 5.97 Å². The van der Waals surface area contributed by atoms with Gasteiger partial charge in [0, 0.05) is 22.2 Å². The van der Waals surface area contributed by atoms with Crippen LogP contribution in [-0.2, 0) is 20.7 Å². The van der Waals surface area contributed by atoms with Crippen LogP contribution in [0.5, 0.6) is 0 Å². The molecule has 1 heterocycles. The number of hydrogen-bond donors (Lipinski definition) is 1. The van der Waals surface area contributed by atoms with E-state index in [1.54, 1.807) is 11.8 Å². The second kappa shape index (κ2) is 8.08. The van der Waals surface area contributed by atoms with Crippen molar-refractivity contribution < 1.29 is 19.4 Å². The number of halogens is 1. The lowest BCUT2D eigenvalue weighted by molar-refractivity contribution is -0.176. The lowest BCUT2D eigenvalue weighted by Crippen LogP contribution is -2.58. The molecular formula is C20H24INO4. The maximum atomic E-state index is 13.1. The number of amides is 1. The van der Waals surface area contributed by atoms with Gasteiger partial charge in [0.05, 0.1) is 6.61 Å². The third kappa shape index (κ3) is 3.67. The van der Waals surface area contributed by atoms with Crippen LogP contribution in [0.15, 0.2) is 35.5 Å². The Hall–Kier alpha value is -1.41. The molecule has 1 aromatic carbocycles. The molecule has 5 nitrogen and oxygen atoms in total. The van der Waals surface area contributed by atoms with Crippen molar-refractivity contribution >= 4 is 34.5 Å². The first-order valence-electron chi connectivity index (χ1n) is 9.13. The molecule has 26 heavy (non-hydrogen) atoms. The molecule has 1 aromatic rings. The predicted octanol–water partition coefficient (Wildman–Crippen LogP) is 3.19. The topological polar surface area (TPSA) is 66.8 Å². The summed E-state index contributed by atoms with van der Waals surface area (Å²) >= 11 is 2.29. The number of hydrogen-bond acceptors (Lipinski definition) is 4. The standard InChI is InChI=1S/C20H24INO4/c1-2-26-19(24)20(25)13-15-8-4-6-10-17(15)22(18(20)23)12-11-14-7-3-5-9-16(14)21/h3,5,7,9,25H,2,4,6,8,10-13H2,1H3. The van der Waals surface area contributed by atoms with Gasteiger partial charge in [-0.3, -0.25) is 4.79 Å². The fourth-order valence-corrected chi connectivity index (χ4v) is 4.44. The van der Waals surface area contributed by atoms with Crippen molar-refractivity contribution in [2.24, 2.45) is 0 Å². The van der Waals surface area contributed by atoms with E-state index >= 15 is 0 Å². The highest BCUT2D eigenvalue weighted by Gasteiger charge is 2.52. The van der Waals surface area contributed by atoms with Gasteiger partial charge in [-0.2, -0.15) is 0 Å². The van der Waals surface area contributed by atoms with Crippen molar-refractivity contribution in [2.45, 2.75) is 51.0 Å². The Kier molecular flexibility index (Phi) is 6.02. The number of allylic oxidation sites excluding steroid dienone is 1. The minimum Gasteiger partial charge on any atom is -0.463 e. The van der Waals surface area contributed by atoms with Crippen LogP contribution in [-0.4, -0.2) is 40.6 Å². The fraction of sp³-hybridized carbons (Fsp3) is 0.500. The lowest BCUT2D eigenvalue weighted by atomic mass is 9.81. The first-order valence-corrected chi connectivity index (χ1v) is 10.2. The second-order valence-corrected chi connectivity index (χ2v) is 7.98. The van der Waals surface area contributed by atoms with Crippen molar-refractivity contribution in [2.75, 3.05) is 13.2 Å². The number of esters is 1. The van der Waals surface area contributed by atoms with Crippen molar-refractivity contribution in [3.63, 3.8) is 0 Å². The maximum absolute atomic E-state index is 13.1. The average Bonchev–Trinajstić information content (AvgIpc) is 2.63. The minimum atomic E-state index is -2.09. The highest BCUT2D eigenvalue weighted by Crippen LogP contribution is 2.39. The van der Waals surface area contributed by atoms with E-state index in [2.05, 4.69) is 22.6 Å². The summed E-state index contributed by atoms with van der Waals surface area (Å²) in [4.78, 5) is 27.0. The van der Waals surface area contributed by atoms with Gasteiger partial charge in [-0.1, -0.05) is 18.2 Å². The summed E-state index contributed by atoms with van der Waals surface area (Å²) in [6.07, 6.45) is 4.45. The minimum absolute atomic E-state index is 0.0688. The molecule has 0 saturated carbocycles. The monoisotopic (exact) mass is 469 g/mol. The maximum Gasteiger partial charge on any atom is 0.348 e. The van der Waals surface area contributed by atoms with Crippen LogP contribution in [0.1, 0.15) is 44.6 Å². The van der Waals surface area contributed by atoms with Gasteiger partial charge in [0.15, 0.2) is 0 Å². The first-order chi connectivity index (χ1) is 12.5. The SMILES string of the molecule is CCOC(=O)C1(O)CC2=C(CCCC2)N(CCc2ccccc2I)C1=O. The summed E-state index contributed by atoms with van der Waals surface area (Å²) in [5, 5.41) is 10.9. The van der Waals surface area contributed by atoms with Crippen LogP contribution in [0.2, 0.25) is 0 Å². The highest BCUT2D eigenvalue weighted by molar-refractivity contribution is 14.1. The van der Waals surface area contributed by atoms with Crippen LogP contribution >= 0.6 is 22.6 Å². The Bertz CT molecular complexity index is 745. The van der Waals surface area contributed by atoms with E-state index in [4.69, 9.17) is 4.74 Å². The van der Waals surface area contributed by atoms with E-state index in [0.717, 1.165) is 46.1 Å². The number of benzene rings is 1. The Morgan fingerprint density at radius 2 is 2.04 bits per heavy atom. The van der Waals surface area contributed by atoms with E-state index in [-0.39, 0.29) is 13.0 Å². The van der Waals surface area contributed by atoms with E-state index in [9.17, 15) is 14.7 Å². The van der Waals surface area contributed by atoms with E-state index in [1.807, 2.05) is 24.3 Å². The van der Waals surface area contributed by atoms with Crippen molar-refractivity contribution in [3.05, 3.63) is 44.7 Å². The van der Waals surface area contributed by atoms with E-state index in [1.165, 1.54) is 0 Å². The van der Waals surface area contributed by atoms with Gasteiger partial charge in [-0.25, -0.2) is 4.79 Å². The molecule has 2 aliphatic rings. The molecule has 1 unspecified atom stereocenters. The zero-order valence-electron chi connectivity index (χ0n) is 15.0. The molecule has 140 valence electrons. The smallest absolute Gasteiger partial charge is 0.348 e. The van der Waals surface area contributed by atoms with Crippen LogP contribution in [0, 0.1) is 3.57 Å². The number of ether oxygens (including phenoxy) is 1. The van der Waals surface area contributed by atoms with Crippen molar-refractivity contribution in [3.8, 4) is 0 Å². The molecule has 1 aliphatic carbocycles. The number of carbonyl (C=O) groups is 2. The summed E-state index contributed by atoms with van der Waals surface area (Å²) < 4.78 is 6.15. The van der Waals surface area contributed by atoms with Crippen LogP contribution < -0.4 is 0 Å². The molecule has 6 heteroatoms. The van der Waals surface area contributed by atoms with E-state index in [0.29, 0.717) is 13.0 Å². The Morgan fingerprint density at radius 3 is 2.77 bits per heavy atom. The molecule has 1 amide bonds. The van der Waals surface area contributed by atoms with E-state index < -0.39 is 17.5 Å². The highest BCUT2D eigenvalue weighted by atomic mass is 127. The van der Waals surface area contributed by atoms with Crippen molar-refractivity contribution in [1.82, 2.24) is 4.90 Å². The second-order valence-electron chi connectivity index (χ2n) is 6.81. The summed E-state index contributed by atoms with van der Waals surface area (Å²) in [6.45, 7) is 2.27. The molecule has 1 N–H and O–H groups in total. The summed E-state index contributed by atoms with van der Waals surface area (Å²) in [6, 6.07) is 8.05. The molecular weight excluding hydrogens is 445 g/mol. The average molecular weight is 469 g/mol. The summed E-state index contributed by atoms with van der Waals surface area (Å²) in [5.74, 6) is -1.37. The Morgan fingerprint density at radius 1 is 1.31 bits per heavy atom. The summed E-state index contributed by atoms with van der Waals surface area (Å²) in [7, 11) is 0. The molecule has 0 saturated heterocycles. The quantitative estimate of drug-likeness (QED) is 0.409. The number of rotatable bonds is 5. The van der Waals surface area contributed by atoms with Crippen molar-refractivity contribution in [1.29, 1.82) is 0 Å². The summed E-state index contributed by atoms with van der Waals surface area (Å²) in [5.41, 5.74) is 1.09. The predicted molar refractivity (Wildman–Crippen MR) is 106 cm³/mol. The molecule has 0 bridgehead atoms. The number of nitrogens with zero attached hydrogens (tertiary/aromatic N) is 1. The molecule has 1 atom stereocenters. The number of aliphatic hydroxyl groups is 1.